The van der Waals surface area contributed by atoms with E-state index in [1.165, 1.54) is 25.7 Å². The number of aliphatic hydroxyl groups excluding tert-OH is 2. The van der Waals surface area contributed by atoms with Crippen LogP contribution in [0.1, 0.15) is 106 Å². The molecule has 4 heteroatoms. The second-order valence-electron chi connectivity index (χ2n) is 13.5. The Balaban J connectivity index is 1.47. The third kappa shape index (κ3) is 4.17. The van der Waals surface area contributed by atoms with Crippen molar-refractivity contribution < 1.29 is 19.7 Å². The molecule has 4 aliphatic rings. The minimum atomic E-state index is -0.427. The lowest BCUT2D eigenvalue weighted by atomic mass is 9.43. The second-order valence-corrected chi connectivity index (χ2v) is 13.5. The van der Waals surface area contributed by atoms with Crippen LogP contribution in [-0.2, 0) is 9.53 Å². The highest BCUT2D eigenvalue weighted by Crippen LogP contribution is 2.68. The minimum Gasteiger partial charge on any atom is -0.460 e. The van der Waals surface area contributed by atoms with E-state index in [0.717, 1.165) is 32.1 Å². The molecular formula is C28H48O4. The maximum atomic E-state index is 12.3. The van der Waals surface area contributed by atoms with E-state index >= 15 is 0 Å². The highest BCUT2D eigenvalue weighted by atomic mass is 16.6. The molecule has 0 radical (unpaired) electrons. The van der Waals surface area contributed by atoms with E-state index in [4.69, 9.17) is 4.74 Å². The summed E-state index contributed by atoms with van der Waals surface area (Å²) in [4.78, 5) is 12.3. The van der Waals surface area contributed by atoms with E-state index in [1.54, 1.807) is 0 Å². The molecule has 0 aromatic rings. The van der Waals surface area contributed by atoms with Gasteiger partial charge in [0.2, 0.25) is 0 Å². The van der Waals surface area contributed by atoms with Crippen molar-refractivity contribution in [3.63, 3.8) is 0 Å². The van der Waals surface area contributed by atoms with Crippen LogP contribution in [0.2, 0.25) is 0 Å². The van der Waals surface area contributed by atoms with Gasteiger partial charge in [-0.2, -0.15) is 0 Å². The Bertz CT molecular complexity index is 698. The van der Waals surface area contributed by atoms with Crippen LogP contribution < -0.4 is 0 Å². The van der Waals surface area contributed by atoms with Crippen molar-refractivity contribution in [1.29, 1.82) is 0 Å². The average Bonchev–Trinajstić information content (AvgIpc) is 3.05. The fourth-order valence-electron chi connectivity index (χ4n) is 9.10. The van der Waals surface area contributed by atoms with Gasteiger partial charge in [-0.1, -0.05) is 20.8 Å². The van der Waals surface area contributed by atoms with Gasteiger partial charge in [-0.25, -0.2) is 0 Å². The number of hydrogen-bond acceptors (Lipinski definition) is 4. The molecule has 4 saturated carbocycles. The molecule has 184 valence electrons. The number of ether oxygens (including phenoxy) is 1. The maximum absolute atomic E-state index is 12.3. The van der Waals surface area contributed by atoms with Crippen molar-refractivity contribution in [2.24, 2.45) is 46.3 Å². The van der Waals surface area contributed by atoms with Crippen molar-refractivity contribution >= 4 is 5.97 Å². The number of carbonyl (C=O) groups excluding carboxylic acids is 1. The van der Waals surface area contributed by atoms with Crippen LogP contribution in [0.4, 0.5) is 0 Å². The molecule has 0 aromatic heterocycles. The number of aliphatic hydroxyl groups is 2. The van der Waals surface area contributed by atoms with E-state index in [9.17, 15) is 15.0 Å². The molecule has 0 aliphatic heterocycles. The molecule has 4 fully saturated rings. The van der Waals surface area contributed by atoms with Gasteiger partial charge in [-0.05, 0) is 125 Å². The Morgan fingerprint density at radius 1 is 1.03 bits per heavy atom. The van der Waals surface area contributed by atoms with E-state index in [2.05, 4.69) is 20.8 Å². The summed E-state index contributed by atoms with van der Waals surface area (Å²) in [5.41, 5.74) is -0.180. The van der Waals surface area contributed by atoms with Gasteiger partial charge in [-0.15, -0.1) is 0 Å². The first kappa shape index (κ1) is 24.5. The van der Waals surface area contributed by atoms with Crippen LogP contribution in [0.3, 0.4) is 0 Å². The summed E-state index contributed by atoms with van der Waals surface area (Å²) in [5, 5.41) is 21.9. The summed E-state index contributed by atoms with van der Waals surface area (Å²) < 4.78 is 5.54. The Morgan fingerprint density at radius 2 is 1.75 bits per heavy atom. The first-order valence-corrected chi connectivity index (χ1v) is 13.4. The number of rotatable bonds is 4. The lowest BCUT2D eigenvalue weighted by molar-refractivity contribution is -0.175. The predicted molar refractivity (Wildman–Crippen MR) is 127 cm³/mol. The standard InChI is InChI=1S/C28H48O4/c1-17(7-12-25(31)32-26(2,3)4)21-10-11-22-20-9-8-18-15-19(29)13-14-27(18,5)23(20)16-24(30)28(21,22)6/h17-24,29-30H,7-16H2,1-6H3/t17-,18-,19-,20+,21-,22+,23+,24+,27+,28-/m1/s1. The first-order valence-electron chi connectivity index (χ1n) is 13.4. The van der Waals surface area contributed by atoms with Crippen LogP contribution in [0, 0.1) is 46.3 Å². The normalized spacial score (nSPS) is 47.2. The zero-order valence-corrected chi connectivity index (χ0v) is 21.4. The Kier molecular flexibility index (Phi) is 6.55. The van der Waals surface area contributed by atoms with E-state index < -0.39 is 5.60 Å². The monoisotopic (exact) mass is 448 g/mol. The average molecular weight is 449 g/mol. The molecule has 4 rings (SSSR count). The van der Waals surface area contributed by atoms with Crippen LogP contribution in [0.25, 0.3) is 0 Å². The molecule has 4 nitrogen and oxygen atoms in total. The van der Waals surface area contributed by atoms with Gasteiger partial charge in [0.05, 0.1) is 12.2 Å². The van der Waals surface area contributed by atoms with Gasteiger partial charge < -0.3 is 14.9 Å². The summed E-state index contributed by atoms with van der Waals surface area (Å²) in [6.45, 7) is 12.9. The molecule has 0 spiro atoms. The Morgan fingerprint density at radius 3 is 2.44 bits per heavy atom. The van der Waals surface area contributed by atoms with E-state index in [1.807, 2.05) is 20.8 Å². The molecule has 0 aromatic carbocycles. The van der Waals surface area contributed by atoms with Crippen LogP contribution in [0.15, 0.2) is 0 Å². The lowest BCUT2D eigenvalue weighted by Gasteiger charge is -2.62. The lowest BCUT2D eigenvalue weighted by Crippen LogP contribution is -2.58. The number of carbonyl (C=O) groups is 1. The van der Waals surface area contributed by atoms with Gasteiger partial charge in [-0.3, -0.25) is 4.79 Å². The van der Waals surface area contributed by atoms with Gasteiger partial charge in [0.15, 0.2) is 0 Å². The summed E-state index contributed by atoms with van der Waals surface area (Å²) in [5.74, 6) is 3.31. The summed E-state index contributed by atoms with van der Waals surface area (Å²) >= 11 is 0. The van der Waals surface area contributed by atoms with Gasteiger partial charge in [0.25, 0.3) is 0 Å². The molecule has 10 atom stereocenters. The molecular weight excluding hydrogens is 400 g/mol. The number of esters is 1. The van der Waals surface area contributed by atoms with Gasteiger partial charge >= 0.3 is 5.97 Å². The molecule has 0 bridgehead atoms. The predicted octanol–water partition coefficient (Wildman–Crippen LogP) is 5.74. The highest BCUT2D eigenvalue weighted by molar-refractivity contribution is 5.69. The zero-order chi connectivity index (χ0) is 23.5. The molecule has 0 amide bonds. The topological polar surface area (TPSA) is 66.8 Å². The van der Waals surface area contributed by atoms with Crippen molar-refractivity contribution in [2.45, 2.75) is 124 Å². The zero-order valence-electron chi connectivity index (χ0n) is 21.4. The quantitative estimate of drug-likeness (QED) is 0.539. The van der Waals surface area contributed by atoms with E-state index in [0.29, 0.717) is 41.9 Å². The highest BCUT2D eigenvalue weighted by Gasteiger charge is 2.63. The molecule has 2 N–H and O–H groups in total. The second kappa shape index (κ2) is 8.56. The number of hydrogen-bond donors (Lipinski definition) is 2. The van der Waals surface area contributed by atoms with E-state index in [-0.39, 0.29) is 29.0 Å². The molecule has 0 heterocycles. The Labute approximate surface area is 195 Å². The smallest absolute Gasteiger partial charge is 0.306 e. The van der Waals surface area contributed by atoms with Crippen LogP contribution >= 0.6 is 0 Å². The van der Waals surface area contributed by atoms with Crippen LogP contribution in [0.5, 0.6) is 0 Å². The third-order valence-corrected chi connectivity index (χ3v) is 10.7. The molecule has 32 heavy (non-hydrogen) atoms. The van der Waals surface area contributed by atoms with Crippen molar-refractivity contribution in [1.82, 2.24) is 0 Å². The van der Waals surface area contributed by atoms with Gasteiger partial charge in [0, 0.05) is 6.42 Å². The SMILES string of the molecule is C[C@H](CCC(=O)OC(C)(C)C)[C@H]1CC[C@H]2[C@@H]3CC[C@@H]4C[C@H](O)CC[C@]4(C)[C@H]3C[C@H](O)[C@]12C. The number of fused-ring (bicyclic) bond motifs is 5. The third-order valence-electron chi connectivity index (χ3n) is 10.7. The van der Waals surface area contributed by atoms with Crippen molar-refractivity contribution in [2.75, 3.05) is 0 Å². The van der Waals surface area contributed by atoms with Crippen molar-refractivity contribution in [3.05, 3.63) is 0 Å². The molecule has 4 aliphatic carbocycles. The summed E-state index contributed by atoms with van der Waals surface area (Å²) in [6, 6.07) is 0. The minimum absolute atomic E-state index is 0.0358. The van der Waals surface area contributed by atoms with Gasteiger partial charge in [0.1, 0.15) is 5.60 Å². The largest absolute Gasteiger partial charge is 0.460 e. The van der Waals surface area contributed by atoms with Crippen LogP contribution in [-0.4, -0.2) is 34.0 Å². The Hall–Kier alpha value is -0.610. The molecule has 0 saturated heterocycles. The molecule has 0 unspecified atom stereocenters. The summed E-state index contributed by atoms with van der Waals surface area (Å²) in [6.07, 6.45) is 9.79. The fraction of sp³-hybridized carbons (Fsp3) is 0.964. The first-order chi connectivity index (χ1) is 14.9. The fourth-order valence-corrected chi connectivity index (χ4v) is 9.10. The summed E-state index contributed by atoms with van der Waals surface area (Å²) in [7, 11) is 0. The van der Waals surface area contributed by atoms with Crippen molar-refractivity contribution in [3.8, 4) is 0 Å². The maximum Gasteiger partial charge on any atom is 0.306 e.